The quantitative estimate of drug-likeness (QED) is 0.274. The van der Waals surface area contributed by atoms with Gasteiger partial charge in [0.25, 0.3) is 11.5 Å². The Morgan fingerprint density at radius 2 is 1.85 bits per heavy atom. The summed E-state index contributed by atoms with van der Waals surface area (Å²) in [4.78, 5) is 34.3. The lowest BCUT2D eigenvalue weighted by molar-refractivity contribution is 0.0827. The monoisotopic (exact) mass is 493 g/mol. The number of thiophene rings is 1. The minimum Gasteiger partial charge on any atom is -0.345 e. The molecule has 0 spiro atoms. The summed E-state index contributed by atoms with van der Waals surface area (Å²) in [6, 6.07) is 13.7. The second kappa shape index (κ2) is 9.35. The van der Waals surface area contributed by atoms with Crippen molar-refractivity contribution in [3.8, 4) is 5.69 Å². The average Bonchev–Trinajstić information content (AvgIpc) is 3.22. The van der Waals surface area contributed by atoms with Gasteiger partial charge in [-0.3, -0.25) is 14.2 Å². The van der Waals surface area contributed by atoms with Crippen molar-refractivity contribution in [3.05, 3.63) is 86.3 Å². The van der Waals surface area contributed by atoms with Crippen LogP contribution in [0.5, 0.6) is 0 Å². The lowest BCUT2D eigenvalue weighted by atomic mass is 9.97. The molecule has 0 N–H and O–H groups in total. The number of hydrogen-bond acceptors (Lipinski definition) is 5. The molecule has 2 heterocycles. The third-order valence-corrected chi connectivity index (χ3v) is 8.22. The number of aromatic nitrogens is 2. The lowest BCUT2D eigenvalue weighted by Gasteiger charge is -2.14. The molecule has 1 aliphatic rings. The van der Waals surface area contributed by atoms with Crippen LogP contribution in [0.25, 0.3) is 15.9 Å². The van der Waals surface area contributed by atoms with Crippen LogP contribution in [0.4, 0.5) is 4.39 Å². The zero-order chi connectivity index (χ0) is 23.8. The highest BCUT2D eigenvalue weighted by molar-refractivity contribution is 7.98. The van der Waals surface area contributed by atoms with Crippen molar-refractivity contribution in [2.24, 2.45) is 0 Å². The third kappa shape index (κ3) is 4.16. The van der Waals surface area contributed by atoms with Crippen LogP contribution in [0.15, 0.2) is 58.5 Å². The summed E-state index contributed by atoms with van der Waals surface area (Å²) >= 11 is 2.99. The first kappa shape index (κ1) is 22.8. The number of aryl methyl sites for hydroxylation is 2. The van der Waals surface area contributed by atoms with E-state index in [-0.39, 0.29) is 17.2 Å². The van der Waals surface area contributed by atoms with E-state index in [1.165, 1.54) is 32.2 Å². The van der Waals surface area contributed by atoms with Gasteiger partial charge in [0.2, 0.25) is 0 Å². The Morgan fingerprint density at radius 1 is 1.12 bits per heavy atom. The minimum atomic E-state index is -0.455. The molecule has 0 atom stereocenters. The van der Waals surface area contributed by atoms with E-state index in [0.717, 1.165) is 41.6 Å². The molecule has 0 aliphatic heterocycles. The number of hydrogen-bond donors (Lipinski definition) is 0. The second-order valence-corrected chi connectivity index (χ2v) is 10.6. The SMILES string of the molecule is CN(C)C(=O)c1ccc(CSc2nc3sc4c(c3c(=O)n2-c2ccccc2F)CCCC4)cc1. The summed E-state index contributed by atoms with van der Waals surface area (Å²) in [7, 11) is 3.44. The maximum absolute atomic E-state index is 14.8. The summed E-state index contributed by atoms with van der Waals surface area (Å²) in [6.45, 7) is 0. The number of carbonyl (C=O) groups is 1. The molecular formula is C26H24FN3O2S2. The Balaban J connectivity index is 1.56. The number of para-hydroxylation sites is 1. The van der Waals surface area contributed by atoms with E-state index in [2.05, 4.69) is 0 Å². The van der Waals surface area contributed by atoms with E-state index in [1.54, 1.807) is 55.8 Å². The molecule has 1 aliphatic carbocycles. The lowest BCUT2D eigenvalue weighted by Crippen LogP contribution is -2.23. The summed E-state index contributed by atoms with van der Waals surface area (Å²) in [5.74, 6) is 0.0260. The molecule has 0 unspecified atom stereocenters. The highest BCUT2D eigenvalue weighted by atomic mass is 32.2. The molecule has 5 nitrogen and oxygen atoms in total. The van der Waals surface area contributed by atoms with Gasteiger partial charge in [-0.1, -0.05) is 36.0 Å². The molecule has 1 amide bonds. The molecule has 8 heteroatoms. The number of carbonyl (C=O) groups excluding carboxylic acids is 1. The molecule has 0 fully saturated rings. The fourth-order valence-electron chi connectivity index (χ4n) is 4.28. The summed E-state index contributed by atoms with van der Waals surface area (Å²) in [5.41, 5.74) is 2.70. The fraction of sp³-hybridized carbons (Fsp3) is 0.269. The van der Waals surface area contributed by atoms with Crippen LogP contribution in [0.2, 0.25) is 0 Å². The maximum Gasteiger partial charge on any atom is 0.267 e. The Hall–Kier alpha value is -2.97. The normalized spacial score (nSPS) is 13.1. The number of nitrogens with zero attached hydrogens (tertiary/aromatic N) is 3. The maximum atomic E-state index is 14.8. The van der Waals surface area contributed by atoms with Crippen LogP contribution >= 0.6 is 23.1 Å². The first-order chi connectivity index (χ1) is 16.4. The first-order valence-corrected chi connectivity index (χ1v) is 13.0. The number of thioether (sulfide) groups is 1. The molecule has 0 bridgehead atoms. The zero-order valence-electron chi connectivity index (χ0n) is 19.0. The van der Waals surface area contributed by atoms with Crippen molar-refractivity contribution in [1.29, 1.82) is 0 Å². The van der Waals surface area contributed by atoms with Gasteiger partial charge in [0.05, 0.1) is 11.1 Å². The minimum absolute atomic E-state index is 0.0543. The van der Waals surface area contributed by atoms with Crippen molar-refractivity contribution < 1.29 is 9.18 Å². The molecular weight excluding hydrogens is 469 g/mol. The van der Waals surface area contributed by atoms with Gasteiger partial charge in [0.1, 0.15) is 10.6 Å². The zero-order valence-corrected chi connectivity index (χ0v) is 20.6. The first-order valence-electron chi connectivity index (χ1n) is 11.2. The largest absolute Gasteiger partial charge is 0.345 e. The highest BCUT2D eigenvalue weighted by Crippen LogP contribution is 2.36. The van der Waals surface area contributed by atoms with Crippen LogP contribution in [-0.4, -0.2) is 34.5 Å². The van der Waals surface area contributed by atoms with Crippen LogP contribution in [-0.2, 0) is 18.6 Å². The van der Waals surface area contributed by atoms with Gasteiger partial charge in [-0.2, -0.15) is 0 Å². The van der Waals surface area contributed by atoms with Crippen molar-refractivity contribution in [2.75, 3.05) is 14.1 Å². The van der Waals surface area contributed by atoms with E-state index in [4.69, 9.17) is 4.98 Å². The molecule has 2 aromatic heterocycles. The highest BCUT2D eigenvalue weighted by Gasteiger charge is 2.23. The number of benzene rings is 2. The number of rotatable bonds is 5. The number of halogens is 1. The predicted molar refractivity (Wildman–Crippen MR) is 136 cm³/mol. The van der Waals surface area contributed by atoms with Crippen LogP contribution in [0.3, 0.4) is 0 Å². The van der Waals surface area contributed by atoms with Crippen LogP contribution in [0.1, 0.15) is 39.2 Å². The smallest absolute Gasteiger partial charge is 0.267 e. The fourth-order valence-corrected chi connectivity index (χ4v) is 6.54. The molecule has 34 heavy (non-hydrogen) atoms. The van der Waals surface area contributed by atoms with Gasteiger partial charge in [-0.25, -0.2) is 9.37 Å². The Bertz CT molecular complexity index is 1440. The number of fused-ring (bicyclic) bond motifs is 3. The van der Waals surface area contributed by atoms with E-state index < -0.39 is 5.82 Å². The van der Waals surface area contributed by atoms with Crippen molar-refractivity contribution in [1.82, 2.24) is 14.5 Å². The summed E-state index contributed by atoms with van der Waals surface area (Å²) < 4.78 is 16.2. The molecule has 0 radical (unpaired) electrons. The Kier molecular flexibility index (Phi) is 6.27. The summed E-state index contributed by atoms with van der Waals surface area (Å²) in [5, 5.41) is 1.11. The third-order valence-electron chi connectivity index (χ3n) is 6.03. The van der Waals surface area contributed by atoms with Crippen LogP contribution in [0, 0.1) is 5.82 Å². The molecule has 5 rings (SSSR count). The van der Waals surface area contributed by atoms with Gasteiger partial charge in [0.15, 0.2) is 5.16 Å². The standard InChI is InChI=1S/C26H24FN3O2S2/c1-29(2)24(31)17-13-11-16(12-14-17)15-33-26-28-23-22(18-7-3-6-10-21(18)34-23)25(32)30(26)20-9-5-4-8-19(20)27/h4-5,8-9,11-14H,3,6-7,10,15H2,1-2H3. The topological polar surface area (TPSA) is 55.2 Å². The van der Waals surface area contributed by atoms with E-state index >= 15 is 0 Å². The predicted octanol–water partition coefficient (Wildman–Crippen LogP) is 5.46. The molecule has 4 aromatic rings. The average molecular weight is 494 g/mol. The summed E-state index contributed by atoms with van der Waals surface area (Å²) in [6.07, 6.45) is 4.01. The van der Waals surface area contributed by atoms with Crippen molar-refractivity contribution >= 4 is 39.2 Å². The van der Waals surface area contributed by atoms with Gasteiger partial charge < -0.3 is 4.90 Å². The van der Waals surface area contributed by atoms with Crippen LogP contribution < -0.4 is 5.56 Å². The van der Waals surface area contributed by atoms with Crippen molar-refractivity contribution in [2.45, 2.75) is 36.6 Å². The van der Waals surface area contributed by atoms with E-state index in [9.17, 15) is 14.0 Å². The van der Waals surface area contributed by atoms with Crippen molar-refractivity contribution in [3.63, 3.8) is 0 Å². The molecule has 2 aromatic carbocycles. The number of amides is 1. The van der Waals surface area contributed by atoms with Gasteiger partial charge in [-0.15, -0.1) is 11.3 Å². The molecule has 174 valence electrons. The van der Waals surface area contributed by atoms with E-state index in [1.807, 2.05) is 12.1 Å². The van der Waals surface area contributed by atoms with Gasteiger partial charge >= 0.3 is 0 Å². The molecule has 0 saturated heterocycles. The Labute approximate surface area is 205 Å². The second-order valence-electron chi connectivity index (χ2n) is 8.56. The van der Waals surface area contributed by atoms with Gasteiger partial charge in [0, 0.05) is 30.3 Å². The van der Waals surface area contributed by atoms with Gasteiger partial charge in [-0.05, 0) is 61.1 Å². The molecule has 0 saturated carbocycles. The Morgan fingerprint density at radius 3 is 2.59 bits per heavy atom. The van der Waals surface area contributed by atoms with E-state index in [0.29, 0.717) is 21.9 Å².